The number of aliphatic hydroxyl groups excluding tert-OH is 1. The van der Waals surface area contributed by atoms with Crippen LogP contribution >= 0.6 is 0 Å². The molecule has 1 saturated heterocycles. The maximum absolute atomic E-state index is 9.47. The Bertz CT molecular complexity index is 128. The van der Waals surface area contributed by atoms with Crippen LogP contribution in [0.5, 0.6) is 0 Å². The van der Waals surface area contributed by atoms with Gasteiger partial charge in [0.2, 0.25) is 0 Å². The van der Waals surface area contributed by atoms with Gasteiger partial charge in [0.05, 0.1) is 6.10 Å². The lowest BCUT2D eigenvalue weighted by Gasteiger charge is -2.34. The molecule has 3 nitrogen and oxygen atoms in total. The van der Waals surface area contributed by atoms with Gasteiger partial charge in [-0.2, -0.15) is 0 Å². The molecule has 72 valence electrons. The number of hydrogen-bond acceptors (Lipinski definition) is 3. The summed E-state index contributed by atoms with van der Waals surface area (Å²) < 4.78 is 0. The topological polar surface area (TPSA) is 49.5 Å². The van der Waals surface area contributed by atoms with Crippen LogP contribution in [0.15, 0.2) is 0 Å². The number of nitrogens with two attached hydrogens (primary N) is 1. The summed E-state index contributed by atoms with van der Waals surface area (Å²) >= 11 is 0. The summed E-state index contributed by atoms with van der Waals surface area (Å²) in [6.45, 7) is 6.03. The number of rotatable bonds is 3. The number of nitrogens with zero attached hydrogens (tertiary/aromatic N) is 1. The van der Waals surface area contributed by atoms with Gasteiger partial charge in [0.25, 0.3) is 0 Å². The van der Waals surface area contributed by atoms with Crippen molar-refractivity contribution < 1.29 is 5.11 Å². The van der Waals surface area contributed by atoms with Crippen LogP contribution in [0.4, 0.5) is 0 Å². The van der Waals surface area contributed by atoms with Crippen LogP contribution in [0, 0.1) is 5.92 Å². The first-order valence-corrected chi connectivity index (χ1v) is 4.84. The number of hydrogen-bond donors (Lipinski definition) is 2. The SMILES string of the molecule is C[C@@H]1CN(CCCN)CC[C@@H]1O. The van der Waals surface area contributed by atoms with Gasteiger partial charge in [-0.25, -0.2) is 0 Å². The van der Waals surface area contributed by atoms with E-state index in [1.165, 1.54) is 0 Å². The van der Waals surface area contributed by atoms with Gasteiger partial charge in [-0.05, 0) is 31.8 Å². The van der Waals surface area contributed by atoms with E-state index in [4.69, 9.17) is 5.73 Å². The zero-order valence-corrected chi connectivity index (χ0v) is 7.87. The summed E-state index contributed by atoms with van der Waals surface area (Å²) in [4.78, 5) is 2.39. The molecule has 0 radical (unpaired) electrons. The van der Waals surface area contributed by atoms with Crippen LogP contribution in [0.3, 0.4) is 0 Å². The Balaban J connectivity index is 2.21. The van der Waals surface area contributed by atoms with E-state index in [-0.39, 0.29) is 6.10 Å². The van der Waals surface area contributed by atoms with E-state index < -0.39 is 0 Å². The summed E-state index contributed by atoms with van der Waals surface area (Å²) in [5.41, 5.74) is 5.43. The van der Waals surface area contributed by atoms with Gasteiger partial charge in [-0.15, -0.1) is 0 Å². The molecular formula is C9H20N2O. The average Bonchev–Trinajstić information content (AvgIpc) is 2.07. The third-order valence-corrected chi connectivity index (χ3v) is 2.62. The summed E-state index contributed by atoms with van der Waals surface area (Å²) in [6.07, 6.45) is 1.91. The minimum absolute atomic E-state index is 0.0841. The van der Waals surface area contributed by atoms with Crippen molar-refractivity contribution in [3.05, 3.63) is 0 Å². The fourth-order valence-electron chi connectivity index (χ4n) is 1.74. The van der Waals surface area contributed by atoms with Crippen molar-refractivity contribution in [1.82, 2.24) is 4.90 Å². The number of likely N-dealkylation sites (tertiary alicyclic amines) is 1. The van der Waals surface area contributed by atoms with Gasteiger partial charge in [-0.1, -0.05) is 6.92 Å². The Morgan fingerprint density at radius 1 is 1.58 bits per heavy atom. The normalized spacial score (nSPS) is 32.2. The molecular weight excluding hydrogens is 152 g/mol. The first-order valence-electron chi connectivity index (χ1n) is 4.84. The number of aliphatic hydroxyl groups is 1. The smallest absolute Gasteiger partial charge is 0.0590 e. The first-order chi connectivity index (χ1) is 5.74. The Labute approximate surface area is 74.5 Å². The molecule has 3 heteroatoms. The van der Waals surface area contributed by atoms with Crippen LogP contribution in [-0.2, 0) is 0 Å². The highest BCUT2D eigenvalue weighted by molar-refractivity contribution is 4.76. The molecule has 1 aliphatic heterocycles. The Kier molecular flexibility index (Phi) is 3.98. The third kappa shape index (κ3) is 2.73. The lowest BCUT2D eigenvalue weighted by molar-refractivity contribution is 0.0350. The van der Waals surface area contributed by atoms with Crippen molar-refractivity contribution in [2.24, 2.45) is 11.7 Å². The van der Waals surface area contributed by atoms with Gasteiger partial charge in [0.15, 0.2) is 0 Å². The molecule has 0 unspecified atom stereocenters. The van der Waals surface area contributed by atoms with Crippen LogP contribution in [0.25, 0.3) is 0 Å². The monoisotopic (exact) mass is 172 g/mol. The first kappa shape index (κ1) is 9.96. The highest BCUT2D eigenvalue weighted by atomic mass is 16.3. The predicted molar refractivity (Wildman–Crippen MR) is 49.9 cm³/mol. The Morgan fingerprint density at radius 2 is 2.33 bits per heavy atom. The second-order valence-electron chi connectivity index (χ2n) is 3.78. The maximum atomic E-state index is 9.47. The van der Waals surface area contributed by atoms with Crippen molar-refractivity contribution in [1.29, 1.82) is 0 Å². The molecule has 0 aromatic heterocycles. The van der Waals surface area contributed by atoms with Crippen molar-refractivity contribution in [3.8, 4) is 0 Å². The van der Waals surface area contributed by atoms with Gasteiger partial charge < -0.3 is 15.7 Å². The van der Waals surface area contributed by atoms with Crippen molar-refractivity contribution in [2.45, 2.75) is 25.9 Å². The second-order valence-corrected chi connectivity index (χ2v) is 3.78. The molecule has 0 aliphatic carbocycles. The van der Waals surface area contributed by atoms with Gasteiger partial charge in [-0.3, -0.25) is 0 Å². The van der Waals surface area contributed by atoms with Gasteiger partial charge in [0, 0.05) is 13.1 Å². The third-order valence-electron chi connectivity index (χ3n) is 2.62. The summed E-state index contributed by atoms with van der Waals surface area (Å²) in [5, 5.41) is 9.47. The summed E-state index contributed by atoms with van der Waals surface area (Å²) in [6, 6.07) is 0. The van der Waals surface area contributed by atoms with E-state index in [1.807, 2.05) is 0 Å². The molecule has 1 heterocycles. The molecule has 2 atom stereocenters. The van der Waals surface area contributed by atoms with Crippen molar-refractivity contribution in [2.75, 3.05) is 26.2 Å². The standard InChI is InChI=1S/C9H20N2O/c1-8-7-11(5-2-4-10)6-3-9(8)12/h8-9,12H,2-7,10H2,1H3/t8-,9+/m1/s1. The summed E-state index contributed by atoms with van der Waals surface area (Å²) in [5.74, 6) is 0.427. The molecule has 1 aliphatic rings. The molecule has 12 heavy (non-hydrogen) atoms. The van der Waals surface area contributed by atoms with Crippen LogP contribution in [-0.4, -0.2) is 42.3 Å². The molecule has 0 saturated carbocycles. The minimum Gasteiger partial charge on any atom is -0.393 e. The highest BCUT2D eigenvalue weighted by Gasteiger charge is 2.23. The van der Waals surface area contributed by atoms with E-state index in [0.717, 1.165) is 39.0 Å². The zero-order valence-electron chi connectivity index (χ0n) is 7.87. The fraction of sp³-hybridized carbons (Fsp3) is 1.00. The second kappa shape index (κ2) is 4.80. The highest BCUT2D eigenvalue weighted by Crippen LogP contribution is 2.16. The van der Waals surface area contributed by atoms with E-state index in [1.54, 1.807) is 0 Å². The lowest BCUT2D eigenvalue weighted by Crippen LogP contribution is -2.42. The molecule has 0 amide bonds. The minimum atomic E-state index is -0.0841. The van der Waals surface area contributed by atoms with Crippen LogP contribution < -0.4 is 5.73 Å². The molecule has 0 aromatic rings. The Hall–Kier alpha value is -0.120. The molecule has 1 fully saturated rings. The number of piperidine rings is 1. The van der Waals surface area contributed by atoms with Gasteiger partial charge >= 0.3 is 0 Å². The zero-order chi connectivity index (χ0) is 8.97. The largest absolute Gasteiger partial charge is 0.393 e. The van der Waals surface area contributed by atoms with Crippen LogP contribution in [0.1, 0.15) is 19.8 Å². The predicted octanol–water partition coefficient (Wildman–Crippen LogP) is 0.0379. The van der Waals surface area contributed by atoms with E-state index in [0.29, 0.717) is 5.92 Å². The lowest BCUT2D eigenvalue weighted by atomic mass is 9.97. The molecule has 0 aromatic carbocycles. The molecule has 3 N–H and O–H groups in total. The van der Waals surface area contributed by atoms with E-state index in [2.05, 4.69) is 11.8 Å². The molecule has 1 rings (SSSR count). The van der Waals surface area contributed by atoms with E-state index in [9.17, 15) is 5.11 Å². The van der Waals surface area contributed by atoms with Crippen molar-refractivity contribution >= 4 is 0 Å². The van der Waals surface area contributed by atoms with Crippen LogP contribution in [0.2, 0.25) is 0 Å². The fourth-order valence-corrected chi connectivity index (χ4v) is 1.74. The van der Waals surface area contributed by atoms with Gasteiger partial charge in [0.1, 0.15) is 0 Å². The molecule has 0 spiro atoms. The van der Waals surface area contributed by atoms with E-state index >= 15 is 0 Å². The molecule has 0 bridgehead atoms. The summed E-state index contributed by atoms with van der Waals surface area (Å²) in [7, 11) is 0. The average molecular weight is 172 g/mol. The van der Waals surface area contributed by atoms with Crippen molar-refractivity contribution in [3.63, 3.8) is 0 Å². The maximum Gasteiger partial charge on any atom is 0.0590 e. The quantitative estimate of drug-likeness (QED) is 0.632. The Morgan fingerprint density at radius 3 is 2.92 bits per heavy atom.